The zero-order valence-corrected chi connectivity index (χ0v) is 16.2. The Labute approximate surface area is 160 Å². The fraction of sp³-hybridized carbons (Fsp3) is 0.200. The molecule has 0 amide bonds. The molecule has 1 aliphatic heterocycles. The summed E-state index contributed by atoms with van der Waals surface area (Å²) in [5.74, 6) is 1.10. The van der Waals surface area contributed by atoms with Crippen LogP contribution < -0.4 is 4.74 Å². The zero-order chi connectivity index (χ0) is 19.1. The van der Waals surface area contributed by atoms with Crippen molar-refractivity contribution in [3.05, 3.63) is 57.5 Å². The first-order valence-electron chi connectivity index (χ1n) is 8.38. The fourth-order valence-electron chi connectivity index (χ4n) is 3.10. The lowest BCUT2D eigenvalue weighted by Crippen LogP contribution is -2.06. The number of hydrogen-bond acceptors (Lipinski definition) is 7. The zero-order valence-electron chi connectivity index (χ0n) is 15.4. The van der Waals surface area contributed by atoms with Gasteiger partial charge in [0, 0.05) is 16.0 Å². The highest BCUT2D eigenvalue weighted by Crippen LogP contribution is 2.34. The number of ether oxygens (including phenoxy) is 2. The first kappa shape index (κ1) is 17.4. The number of hydrogen-bond donors (Lipinski definition) is 0. The van der Waals surface area contributed by atoms with Gasteiger partial charge in [-0.3, -0.25) is 0 Å². The standard InChI is InChI=1S/C20H17N3O3S/c1-10-16(27-19-17(10)11(2)21-12(3)22-19)9-14-20(24)26-18(23-14)13-7-5-6-8-15(13)25-4/h5-9H,1-4H3. The lowest BCUT2D eigenvalue weighted by atomic mass is 10.1. The second-order valence-corrected chi connectivity index (χ2v) is 7.19. The van der Waals surface area contributed by atoms with Crippen LogP contribution in [0.2, 0.25) is 0 Å². The molecule has 136 valence electrons. The molecule has 0 saturated heterocycles. The third kappa shape index (κ3) is 3.00. The molecule has 1 aromatic carbocycles. The molecule has 0 saturated carbocycles. The highest BCUT2D eigenvalue weighted by molar-refractivity contribution is 7.19. The Kier molecular flexibility index (Phi) is 4.24. The number of nitrogens with zero attached hydrogens (tertiary/aromatic N) is 3. The average Bonchev–Trinajstić information content (AvgIpc) is 3.15. The number of rotatable bonds is 3. The average molecular weight is 379 g/mol. The number of aryl methyl sites for hydroxylation is 3. The third-order valence-electron chi connectivity index (χ3n) is 4.35. The van der Waals surface area contributed by atoms with Crippen LogP contribution in [0.5, 0.6) is 5.75 Å². The van der Waals surface area contributed by atoms with Gasteiger partial charge in [0.05, 0.1) is 12.7 Å². The summed E-state index contributed by atoms with van der Waals surface area (Å²) in [4.78, 5) is 27.5. The van der Waals surface area contributed by atoms with Crippen molar-refractivity contribution in [2.24, 2.45) is 4.99 Å². The van der Waals surface area contributed by atoms with E-state index in [1.165, 1.54) is 11.3 Å². The van der Waals surface area contributed by atoms with E-state index in [4.69, 9.17) is 9.47 Å². The number of benzene rings is 1. The van der Waals surface area contributed by atoms with Crippen LogP contribution in [0.4, 0.5) is 0 Å². The van der Waals surface area contributed by atoms with Crippen molar-refractivity contribution in [3.8, 4) is 5.75 Å². The van der Waals surface area contributed by atoms with Crippen molar-refractivity contribution < 1.29 is 14.3 Å². The monoisotopic (exact) mass is 379 g/mol. The Bertz CT molecular complexity index is 1140. The lowest BCUT2D eigenvalue weighted by molar-refractivity contribution is -0.129. The van der Waals surface area contributed by atoms with Crippen molar-refractivity contribution in [2.75, 3.05) is 7.11 Å². The second kappa shape index (κ2) is 6.59. The number of cyclic esters (lactones) is 1. The van der Waals surface area contributed by atoms with Gasteiger partial charge in [-0.1, -0.05) is 12.1 Å². The van der Waals surface area contributed by atoms with Crippen molar-refractivity contribution in [2.45, 2.75) is 20.8 Å². The van der Waals surface area contributed by atoms with Crippen molar-refractivity contribution in [1.29, 1.82) is 0 Å². The molecule has 6 nitrogen and oxygen atoms in total. The molecule has 7 heteroatoms. The minimum absolute atomic E-state index is 0.245. The van der Waals surface area contributed by atoms with Gasteiger partial charge in [-0.15, -0.1) is 11.3 Å². The van der Waals surface area contributed by atoms with Gasteiger partial charge >= 0.3 is 5.97 Å². The smallest absolute Gasteiger partial charge is 0.363 e. The van der Waals surface area contributed by atoms with Gasteiger partial charge in [-0.25, -0.2) is 19.8 Å². The summed E-state index contributed by atoms with van der Waals surface area (Å²) < 4.78 is 10.7. The van der Waals surface area contributed by atoms with E-state index < -0.39 is 5.97 Å². The SMILES string of the molecule is COc1ccccc1C1=NC(=Cc2sc3nc(C)nc(C)c3c2C)C(=O)O1. The van der Waals surface area contributed by atoms with Gasteiger partial charge in [0.25, 0.3) is 0 Å². The summed E-state index contributed by atoms with van der Waals surface area (Å²) in [5.41, 5.74) is 2.87. The molecule has 0 bridgehead atoms. The van der Waals surface area contributed by atoms with E-state index in [1.807, 2.05) is 32.9 Å². The maximum absolute atomic E-state index is 12.3. The van der Waals surface area contributed by atoms with Crippen LogP contribution in [0.15, 0.2) is 35.0 Å². The van der Waals surface area contributed by atoms with E-state index in [0.29, 0.717) is 11.3 Å². The second-order valence-electron chi connectivity index (χ2n) is 6.16. The third-order valence-corrected chi connectivity index (χ3v) is 5.48. The molecule has 2 aromatic heterocycles. The van der Waals surface area contributed by atoms with Gasteiger partial charge < -0.3 is 9.47 Å². The molecule has 0 radical (unpaired) electrons. The number of thiophene rings is 1. The number of para-hydroxylation sites is 1. The summed E-state index contributed by atoms with van der Waals surface area (Å²) in [6.45, 7) is 5.84. The summed E-state index contributed by atoms with van der Waals surface area (Å²) in [6.07, 6.45) is 1.75. The Morgan fingerprint density at radius 1 is 1.15 bits per heavy atom. The molecule has 0 spiro atoms. The minimum Gasteiger partial charge on any atom is -0.496 e. The molecule has 0 fully saturated rings. The predicted octanol–water partition coefficient (Wildman–Crippen LogP) is 3.97. The van der Waals surface area contributed by atoms with Crippen LogP contribution >= 0.6 is 11.3 Å². The van der Waals surface area contributed by atoms with Gasteiger partial charge in [-0.05, 0) is 44.5 Å². The lowest BCUT2D eigenvalue weighted by Gasteiger charge is -2.05. The predicted molar refractivity (Wildman–Crippen MR) is 105 cm³/mol. The molecule has 0 aliphatic carbocycles. The summed E-state index contributed by atoms with van der Waals surface area (Å²) >= 11 is 1.52. The molecular weight excluding hydrogens is 362 g/mol. The van der Waals surface area contributed by atoms with Crippen molar-refractivity contribution in [1.82, 2.24) is 9.97 Å². The maximum atomic E-state index is 12.3. The summed E-state index contributed by atoms with van der Waals surface area (Å²) in [5, 5.41) is 1.03. The first-order chi connectivity index (χ1) is 13.0. The number of carbonyl (C=O) groups is 1. The van der Waals surface area contributed by atoms with Crippen molar-refractivity contribution in [3.63, 3.8) is 0 Å². The molecular formula is C20H17N3O3S. The quantitative estimate of drug-likeness (QED) is 0.508. The van der Waals surface area contributed by atoms with Gasteiger partial charge in [0.15, 0.2) is 5.70 Å². The first-order valence-corrected chi connectivity index (χ1v) is 9.20. The van der Waals surface area contributed by atoms with Crippen LogP contribution in [-0.2, 0) is 9.53 Å². The number of methoxy groups -OCH3 is 1. The molecule has 0 atom stereocenters. The highest BCUT2D eigenvalue weighted by atomic mass is 32.1. The Morgan fingerprint density at radius 3 is 2.70 bits per heavy atom. The van der Waals surface area contributed by atoms with Gasteiger partial charge in [-0.2, -0.15) is 0 Å². The van der Waals surface area contributed by atoms with Crippen molar-refractivity contribution >= 4 is 39.5 Å². The molecule has 1 aliphatic rings. The molecule has 4 rings (SSSR count). The van der Waals surface area contributed by atoms with E-state index in [2.05, 4.69) is 15.0 Å². The van der Waals surface area contributed by atoms with E-state index >= 15 is 0 Å². The number of aliphatic imine (C=N–C) groups is 1. The van der Waals surface area contributed by atoms with E-state index in [1.54, 1.807) is 25.3 Å². The largest absolute Gasteiger partial charge is 0.496 e. The molecule has 0 N–H and O–H groups in total. The Morgan fingerprint density at radius 2 is 1.93 bits per heavy atom. The molecule has 27 heavy (non-hydrogen) atoms. The number of esters is 1. The van der Waals surface area contributed by atoms with Crippen LogP contribution in [0.3, 0.4) is 0 Å². The van der Waals surface area contributed by atoms with Gasteiger partial charge in [0.2, 0.25) is 5.90 Å². The van der Waals surface area contributed by atoms with Crippen LogP contribution in [-0.4, -0.2) is 28.9 Å². The number of aromatic nitrogens is 2. The van der Waals surface area contributed by atoms with E-state index in [9.17, 15) is 4.79 Å². The number of fused-ring (bicyclic) bond motifs is 1. The molecule has 0 unspecified atom stereocenters. The fourth-order valence-corrected chi connectivity index (χ4v) is 4.31. The van der Waals surface area contributed by atoms with Gasteiger partial charge in [0.1, 0.15) is 16.4 Å². The highest BCUT2D eigenvalue weighted by Gasteiger charge is 2.27. The van der Waals surface area contributed by atoms with Crippen LogP contribution in [0.1, 0.15) is 27.5 Å². The van der Waals surface area contributed by atoms with Crippen LogP contribution in [0, 0.1) is 20.8 Å². The summed E-state index contributed by atoms with van der Waals surface area (Å²) in [7, 11) is 1.57. The molecule has 3 heterocycles. The Hall–Kier alpha value is -3.06. The van der Waals surface area contributed by atoms with Crippen LogP contribution in [0.25, 0.3) is 16.3 Å². The normalized spacial score (nSPS) is 15.3. The minimum atomic E-state index is -0.480. The van der Waals surface area contributed by atoms with E-state index in [0.717, 1.165) is 32.2 Å². The Balaban J connectivity index is 1.79. The molecule has 3 aromatic rings. The maximum Gasteiger partial charge on any atom is 0.363 e. The topological polar surface area (TPSA) is 73.7 Å². The number of carbonyl (C=O) groups excluding carboxylic acids is 1. The van der Waals surface area contributed by atoms with E-state index in [-0.39, 0.29) is 11.6 Å². The summed E-state index contributed by atoms with van der Waals surface area (Å²) in [6, 6.07) is 7.30.